The van der Waals surface area contributed by atoms with Crippen molar-refractivity contribution in [2.45, 2.75) is 33.6 Å². The molecule has 88 valence electrons. The molecule has 2 nitrogen and oxygen atoms in total. The first-order chi connectivity index (χ1) is 7.69. The Hall–Kier alpha value is -1.31. The van der Waals surface area contributed by atoms with Crippen LogP contribution in [0.1, 0.15) is 39.2 Å². The lowest BCUT2D eigenvalue weighted by atomic mass is 10.1. The summed E-state index contributed by atoms with van der Waals surface area (Å²) in [5, 5.41) is 0. The van der Waals surface area contributed by atoms with E-state index in [0.29, 0.717) is 0 Å². The van der Waals surface area contributed by atoms with Crippen molar-refractivity contribution in [3.05, 3.63) is 30.5 Å². The number of hydrogen-bond donors (Lipinski definition) is 0. The van der Waals surface area contributed by atoms with Gasteiger partial charge in [0.25, 0.3) is 0 Å². The van der Waals surface area contributed by atoms with Gasteiger partial charge in [-0.05, 0) is 43.0 Å². The van der Waals surface area contributed by atoms with Gasteiger partial charge in [-0.2, -0.15) is 0 Å². The van der Waals surface area contributed by atoms with Crippen molar-refractivity contribution in [2.24, 2.45) is 0 Å². The first-order valence-electron chi connectivity index (χ1n) is 6.05. The summed E-state index contributed by atoms with van der Waals surface area (Å²) in [7, 11) is 0. The Morgan fingerprint density at radius 1 is 1.25 bits per heavy atom. The van der Waals surface area contributed by atoms with Crippen LogP contribution in [-0.2, 0) is 0 Å². The van der Waals surface area contributed by atoms with Crippen LogP contribution in [0.4, 0.5) is 5.82 Å². The minimum absolute atomic E-state index is 1.07. The minimum atomic E-state index is 1.07. The predicted molar refractivity (Wildman–Crippen MR) is 71.7 cm³/mol. The zero-order valence-electron chi connectivity index (χ0n) is 10.7. The Morgan fingerprint density at radius 3 is 2.25 bits per heavy atom. The fraction of sp³-hybridized carbons (Fsp3) is 0.500. The summed E-state index contributed by atoms with van der Waals surface area (Å²) in [6.45, 7) is 12.5. The molecule has 0 saturated carbocycles. The quantitative estimate of drug-likeness (QED) is 0.723. The van der Waals surface area contributed by atoms with Gasteiger partial charge in [0.1, 0.15) is 5.82 Å². The van der Waals surface area contributed by atoms with Gasteiger partial charge in [0, 0.05) is 19.3 Å². The first kappa shape index (κ1) is 12.8. The number of aromatic nitrogens is 1. The summed E-state index contributed by atoms with van der Waals surface area (Å²) in [4.78, 5) is 6.84. The highest BCUT2D eigenvalue weighted by Crippen LogP contribution is 2.16. The third kappa shape index (κ3) is 3.37. The van der Waals surface area contributed by atoms with E-state index in [2.05, 4.69) is 42.4 Å². The summed E-state index contributed by atoms with van der Waals surface area (Å²) < 4.78 is 0. The standard InChI is InChI=1S/C14H22N2/c1-5-9-16(10-6-2)14-8-7-13(11-15-14)12(3)4/h7-8,11H,3,5-6,9-10H2,1-2,4H3. The van der Waals surface area contributed by atoms with E-state index < -0.39 is 0 Å². The third-order valence-corrected chi connectivity index (χ3v) is 2.55. The molecule has 1 heterocycles. The smallest absolute Gasteiger partial charge is 0.128 e. The van der Waals surface area contributed by atoms with Crippen LogP contribution in [0.3, 0.4) is 0 Å². The molecule has 0 unspecified atom stereocenters. The second kappa shape index (κ2) is 6.31. The summed E-state index contributed by atoms with van der Waals surface area (Å²) >= 11 is 0. The molecule has 0 aliphatic rings. The van der Waals surface area contributed by atoms with E-state index in [9.17, 15) is 0 Å². The molecule has 1 aromatic rings. The SMILES string of the molecule is C=C(C)c1ccc(N(CCC)CCC)nc1. The van der Waals surface area contributed by atoms with E-state index in [1.165, 1.54) is 0 Å². The largest absolute Gasteiger partial charge is 0.357 e. The number of allylic oxidation sites excluding steroid dienone is 1. The average molecular weight is 218 g/mol. The molecule has 0 aromatic carbocycles. The van der Waals surface area contributed by atoms with Crippen molar-refractivity contribution < 1.29 is 0 Å². The first-order valence-corrected chi connectivity index (χ1v) is 6.05. The van der Waals surface area contributed by atoms with Gasteiger partial charge in [-0.1, -0.05) is 20.4 Å². The fourth-order valence-corrected chi connectivity index (χ4v) is 1.71. The normalized spacial score (nSPS) is 10.2. The highest BCUT2D eigenvalue weighted by atomic mass is 15.2. The lowest BCUT2D eigenvalue weighted by Crippen LogP contribution is -2.25. The molecule has 0 amide bonds. The van der Waals surface area contributed by atoms with Crippen LogP contribution in [0.15, 0.2) is 24.9 Å². The van der Waals surface area contributed by atoms with E-state index >= 15 is 0 Å². The highest BCUT2D eigenvalue weighted by Gasteiger charge is 2.05. The molecule has 1 rings (SSSR count). The molecule has 0 radical (unpaired) electrons. The molecular weight excluding hydrogens is 196 g/mol. The van der Waals surface area contributed by atoms with Crippen molar-refractivity contribution in [2.75, 3.05) is 18.0 Å². The number of anilines is 1. The molecule has 16 heavy (non-hydrogen) atoms. The van der Waals surface area contributed by atoms with Crippen molar-refractivity contribution in [1.82, 2.24) is 4.98 Å². The van der Waals surface area contributed by atoms with Crippen LogP contribution in [-0.4, -0.2) is 18.1 Å². The number of hydrogen-bond acceptors (Lipinski definition) is 2. The van der Waals surface area contributed by atoms with Gasteiger partial charge < -0.3 is 4.90 Å². The van der Waals surface area contributed by atoms with Crippen LogP contribution in [0.2, 0.25) is 0 Å². The summed E-state index contributed by atoms with van der Waals surface area (Å²) in [6, 6.07) is 4.19. The number of rotatable bonds is 6. The van der Waals surface area contributed by atoms with Crippen LogP contribution in [0, 0.1) is 0 Å². The van der Waals surface area contributed by atoms with E-state index in [1.807, 2.05) is 13.1 Å². The Bertz CT molecular complexity index is 321. The minimum Gasteiger partial charge on any atom is -0.357 e. The molecule has 0 fully saturated rings. The monoisotopic (exact) mass is 218 g/mol. The van der Waals surface area contributed by atoms with Crippen LogP contribution >= 0.6 is 0 Å². The zero-order chi connectivity index (χ0) is 12.0. The Morgan fingerprint density at radius 2 is 1.88 bits per heavy atom. The van der Waals surface area contributed by atoms with Crippen molar-refractivity contribution in [1.29, 1.82) is 0 Å². The van der Waals surface area contributed by atoms with Gasteiger partial charge >= 0.3 is 0 Å². The molecule has 0 bridgehead atoms. The van der Waals surface area contributed by atoms with Crippen molar-refractivity contribution >= 4 is 11.4 Å². The molecule has 0 atom stereocenters. The Kier molecular flexibility index (Phi) is 5.03. The van der Waals surface area contributed by atoms with Gasteiger partial charge in [0.05, 0.1) is 0 Å². The summed E-state index contributed by atoms with van der Waals surface area (Å²) in [5.41, 5.74) is 2.19. The van der Waals surface area contributed by atoms with Crippen molar-refractivity contribution in [3.8, 4) is 0 Å². The maximum atomic E-state index is 4.50. The van der Waals surface area contributed by atoms with Crippen LogP contribution in [0.25, 0.3) is 5.57 Å². The molecule has 0 aliphatic heterocycles. The summed E-state index contributed by atoms with van der Waals surface area (Å²) in [5.74, 6) is 1.08. The summed E-state index contributed by atoms with van der Waals surface area (Å²) in [6.07, 6.45) is 4.23. The third-order valence-electron chi connectivity index (χ3n) is 2.55. The van der Waals surface area contributed by atoms with E-state index in [-0.39, 0.29) is 0 Å². The topological polar surface area (TPSA) is 16.1 Å². The van der Waals surface area contributed by atoms with Crippen molar-refractivity contribution in [3.63, 3.8) is 0 Å². The molecule has 0 saturated heterocycles. The highest BCUT2D eigenvalue weighted by molar-refractivity contribution is 5.61. The molecular formula is C14H22N2. The lowest BCUT2D eigenvalue weighted by Gasteiger charge is -2.22. The molecule has 1 aromatic heterocycles. The predicted octanol–water partition coefficient (Wildman–Crippen LogP) is 3.74. The Labute approximate surface area is 99.0 Å². The fourth-order valence-electron chi connectivity index (χ4n) is 1.71. The van der Waals surface area contributed by atoms with E-state index in [4.69, 9.17) is 0 Å². The molecule has 0 aliphatic carbocycles. The molecule has 0 spiro atoms. The Balaban J connectivity index is 2.80. The van der Waals surface area contributed by atoms with Crippen LogP contribution in [0.5, 0.6) is 0 Å². The number of nitrogens with zero attached hydrogens (tertiary/aromatic N) is 2. The van der Waals surface area contributed by atoms with Gasteiger partial charge in [-0.3, -0.25) is 0 Å². The van der Waals surface area contributed by atoms with E-state index in [1.54, 1.807) is 0 Å². The number of pyridine rings is 1. The maximum Gasteiger partial charge on any atom is 0.128 e. The van der Waals surface area contributed by atoms with Gasteiger partial charge in [-0.25, -0.2) is 4.98 Å². The van der Waals surface area contributed by atoms with Gasteiger partial charge in [0.15, 0.2) is 0 Å². The van der Waals surface area contributed by atoms with E-state index in [0.717, 1.165) is 42.9 Å². The zero-order valence-corrected chi connectivity index (χ0v) is 10.7. The molecule has 2 heteroatoms. The second-order valence-electron chi connectivity index (χ2n) is 4.17. The van der Waals surface area contributed by atoms with Gasteiger partial charge in [0.2, 0.25) is 0 Å². The lowest BCUT2D eigenvalue weighted by molar-refractivity contribution is 0.734. The maximum absolute atomic E-state index is 4.50. The molecule has 0 N–H and O–H groups in total. The second-order valence-corrected chi connectivity index (χ2v) is 4.17. The van der Waals surface area contributed by atoms with Gasteiger partial charge in [-0.15, -0.1) is 0 Å². The van der Waals surface area contributed by atoms with Crippen LogP contribution < -0.4 is 4.90 Å². The average Bonchev–Trinajstić information content (AvgIpc) is 2.29.